The van der Waals surface area contributed by atoms with Gasteiger partial charge in [-0.2, -0.15) is 5.10 Å². The van der Waals surface area contributed by atoms with E-state index in [1.807, 2.05) is 25.6 Å². The highest BCUT2D eigenvalue weighted by Gasteiger charge is 2.12. The van der Waals surface area contributed by atoms with Gasteiger partial charge in [-0.05, 0) is 41.9 Å². The van der Waals surface area contributed by atoms with Gasteiger partial charge in [0.15, 0.2) is 0 Å². The molecule has 0 aliphatic heterocycles. The largest absolute Gasteiger partial charge is 0.345 e. The molecule has 18 heavy (non-hydrogen) atoms. The highest BCUT2D eigenvalue weighted by molar-refractivity contribution is 9.10. The fourth-order valence-electron chi connectivity index (χ4n) is 2.13. The first-order chi connectivity index (χ1) is 8.49. The Bertz CT molecular complexity index is 539. The van der Waals surface area contributed by atoms with E-state index in [2.05, 4.69) is 43.9 Å². The van der Waals surface area contributed by atoms with Crippen molar-refractivity contribution >= 4 is 15.9 Å². The Morgan fingerprint density at radius 1 is 1.50 bits per heavy atom. The number of nitrogens with two attached hydrogens (primary N) is 1. The lowest BCUT2D eigenvalue weighted by Gasteiger charge is -2.11. The number of hydrogen-bond donors (Lipinski definition) is 1. The fraction of sp³-hybridized carbons (Fsp3) is 0.462. The second-order valence-corrected chi connectivity index (χ2v) is 5.57. The van der Waals surface area contributed by atoms with Crippen LogP contribution in [0.3, 0.4) is 0 Å². The van der Waals surface area contributed by atoms with Gasteiger partial charge in [-0.25, -0.2) is 0 Å². The molecule has 0 fully saturated rings. The average Bonchev–Trinajstić information content (AvgIpc) is 2.79. The van der Waals surface area contributed by atoms with Crippen LogP contribution >= 0.6 is 15.9 Å². The van der Waals surface area contributed by atoms with Crippen molar-refractivity contribution in [2.24, 2.45) is 12.8 Å². The molecule has 0 aromatic carbocycles. The topological polar surface area (TPSA) is 48.8 Å². The van der Waals surface area contributed by atoms with Crippen LogP contribution in [0.25, 0.3) is 0 Å². The quantitative estimate of drug-likeness (QED) is 0.941. The van der Waals surface area contributed by atoms with Crippen molar-refractivity contribution in [2.45, 2.75) is 32.9 Å². The summed E-state index contributed by atoms with van der Waals surface area (Å²) in [4.78, 5) is 0. The lowest BCUT2D eigenvalue weighted by Crippen LogP contribution is -2.20. The minimum atomic E-state index is 0.176. The molecule has 0 aliphatic carbocycles. The maximum absolute atomic E-state index is 5.87. The summed E-state index contributed by atoms with van der Waals surface area (Å²) in [6, 6.07) is 4.37. The van der Waals surface area contributed by atoms with Crippen molar-refractivity contribution in [2.75, 3.05) is 0 Å². The zero-order chi connectivity index (χ0) is 13.3. The van der Waals surface area contributed by atoms with E-state index >= 15 is 0 Å². The molecule has 2 aromatic rings. The van der Waals surface area contributed by atoms with Crippen molar-refractivity contribution in [3.05, 3.63) is 39.9 Å². The van der Waals surface area contributed by atoms with Crippen molar-refractivity contribution in [1.82, 2.24) is 14.3 Å². The molecule has 0 bridgehead atoms. The number of rotatable bonds is 4. The monoisotopic (exact) mass is 310 g/mol. The van der Waals surface area contributed by atoms with Crippen LogP contribution < -0.4 is 5.73 Å². The van der Waals surface area contributed by atoms with Crippen molar-refractivity contribution in [1.29, 1.82) is 0 Å². The Balaban J connectivity index is 2.26. The first kappa shape index (κ1) is 13.4. The molecule has 0 radical (unpaired) electrons. The SMILES string of the molecule is Cc1nn(C)c(Cn2cccc2CC(C)N)c1Br. The van der Waals surface area contributed by atoms with Gasteiger partial charge in [0.25, 0.3) is 0 Å². The van der Waals surface area contributed by atoms with Crippen LogP contribution in [0.5, 0.6) is 0 Å². The van der Waals surface area contributed by atoms with Crippen molar-refractivity contribution < 1.29 is 0 Å². The summed E-state index contributed by atoms with van der Waals surface area (Å²) in [5.41, 5.74) is 9.33. The van der Waals surface area contributed by atoms with E-state index in [-0.39, 0.29) is 6.04 Å². The molecule has 4 nitrogen and oxygen atoms in total. The molecule has 0 saturated heterocycles. The first-order valence-electron chi connectivity index (χ1n) is 6.06. The van der Waals surface area contributed by atoms with Crippen LogP contribution in [-0.2, 0) is 20.0 Å². The fourth-order valence-corrected chi connectivity index (χ4v) is 2.59. The third-order valence-electron chi connectivity index (χ3n) is 3.04. The lowest BCUT2D eigenvalue weighted by molar-refractivity contribution is 0.626. The highest BCUT2D eigenvalue weighted by atomic mass is 79.9. The molecule has 0 amide bonds. The smallest absolute Gasteiger partial charge is 0.0739 e. The third-order valence-corrected chi connectivity index (χ3v) is 4.07. The molecule has 1 unspecified atom stereocenters. The molecule has 98 valence electrons. The van der Waals surface area contributed by atoms with Gasteiger partial charge in [0, 0.05) is 31.4 Å². The van der Waals surface area contributed by atoms with Crippen LogP contribution in [0.15, 0.2) is 22.8 Å². The molecular weight excluding hydrogens is 292 g/mol. The number of aryl methyl sites for hydroxylation is 2. The summed E-state index contributed by atoms with van der Waals surface area (Å²) in [5.74, 6) is 0. The van der Waals surface area contributed by atoms with Gasteiger partial charge in [-0.15, -0.1) is 0 Å². The van der Waals surface area contributed by atoms with Gasteiger partial charge in [-0.3, -0.25) is 4.68 Å². The average molecular weight is 311 g/mol. The van der Waals surface area contributed by atoms with E-state index in [0.29, 0.717) is 0 Å². The molecule has 2 aromatic heterocycles. The van der Waals surface area contributed by atoms with Crippen molar-refractivity contribution in [3.63, 3.8) is 0 Å². The van der Waals surface area contributed by atoms with Gasteiger partial charge in [-0.1, -0.05) is 0 Å². The number of nitrogens with zero attached hydrogens (tertiary/aromatic N) is 3. The van der Waals surface area contributed by atoms with Crippen LogP contribution in [0.2, 0.25) is 0 Å². The summed E-state index contributed by atoms with van der Waals surface area (Å²) in [5, 5.41) is 4.41. The summed E-state index contributed by atoms with van der Waals surface area (Å²) in [7, 11) is 1.97. The van der Waals surface area contributed by atoms with Crippen LogP contribution in [0.4, 0.5) is 0 Å². The van der Waals surface area contributed by atoms with E-state index in [4.69, 9.17) is 5.73 Å². The number of hydrogen-bond acceptors (Lipinski definition) is 2. The standard InChI is InChI=1S/C13H19BrN4/c1-9(15)7-11-5-4-6-18(11)8-12-13(14)10(2)16-17(12)3/h4-6,9H,7-8,15H2,1-3H3. The van der Waals surface area contributed by atoms with E-state index in [1.165, 1.54) is 11.4 Å². The third kappa shape index (κ3) is 2.67. The zero-order valence-electron chi connectivity index (χ0n) is 11.0. The molecule has 2 N–H and O–H groups in total. The molecule has 0 saturated carbocycles. The normalized spacial score (nSPS) is 12.9. The molecule has 5 heteroatoms. The molecule has 0 spiro atoms. The number of halogens is 1. The van der Waals surface area contributed by atoms with Crippen LogP contribution in [0.1, 0.15) is 24.0 Å². The highest BCUT2D eigenvalue weighted by Crippen LogP contribution is 2.21. The lowest BCUT2D eigenvalue weighted by atomic mass is 10.2. The summed E-state index contributed by atoms with van der Waals surface area (Å²) in [6.45, 7) is 4.85. The maximum Gasteiger partial charge on any atom is 0.0739 e. The van der Waals surface area contributed by atoms with Crippen LogP contribution in [0, 0.1) is 6.92 Å². The molecule has 2 rings (SSSR count). The molecular formula is C13H19BrN4. The first-order valence-corrected chi connectivity index (χ1v) is 6.86. The van der Waals surface area contributed by atoms with Gasteiger partial charge in [0.2, 0.25) is 0 Å². The molecule has 2 heterocycles. The summed E-state index contributed by atoms with van der Waals surface area (Å²) < 4.78 is 5.24. The Morgan fingerprint density at radius 3 is 2.78 bits per heavy atom. The Labute approximate surface area is 116 Å². The summed E-state index contributed by atoms with van der Waals surface area (Å²) >= 11 is 3.60. The van der Waals surface area contributed by atoms with Crippen molar-refractivity contribution in [3.8, 4) is 0 Å². The van der Waals surface area contributed by atoms with Gasteiger partial charge in [0.1, 0.15) is 0 Å². The zero-order valence-corrected chi connectivity index (χ0v) is 12.6. The second kappa shape index (κ2) is 5.28. The second-order valence-electron chi connectivity index (χ2n) is 4.78. The van der Waals surface area contributed by atoms with Crippen LogP contribution in [-0.4, -0.2) is 20.4 Å². The minimum absolute atomic E-state index is 0.176. The Morgan fingerprint density at radius 2 is 2.22 bits per heavy atom. The summed E-state index contributed by atoms with van der Waals surface area (Å²) in [6.07, 6.45) is 2.98. The Kier molecular flexibility index (Phi) is 3.92. The van der Waals surface area contributed by atoms with E-state index in [0.717, 1.165) is 23.1 Å². The van der Waals surface area contributed by atoms with Gasteiger partial charge < -0.3 is 10.3 Å². The predicted molar refractivity (Wildman–Crippen MR) is 76.5 cm³/mol. The maximum atomic E-state index is 5.87. The van der Waals surface area contributed by atoms with Gasteiger partial charge >= 0.3 is 0 Å². The van der Waals surface area contributed by atoms with Gasteiger partial charge in [0.05, 0.1) is 22.4 Å². The van der Waals surface area contributed by atoms with E-state index in [9.17, 15) is 0 Å². The minimum Gasteiger partial charge on any atom is -0.345 e. The van der Waals surface area contributed by atoms with E-state index in [1.54, 1.807) is 0 Å². The molecule has 1 atom stereocenters. The Hall–Kier alpha value is -1.07. The van der Waals surface area contributed by atoms with E-state index < -0.39 is 0 Å². The number of aromatic nitrogens is 3. The predicted octanol–water partition coefficient (Wildman–Crippen LogP) is 2.23. The molecule has 0 aliphatic rings.